The van der Waals surface area contributed by atoms with E-state index in [2.05, 4.69) is 47.7 Å². The van der Waals surface area contributed by atoms with Crippen LogP contribution in [0.15, 0.2) is 0 Å². The van der Waals surface area contributed by atoms with E-state index in [1.54, 1.807) is 0 Å². The summed E-state index contributed by atoms with van der Waals surface area (Å²) in [6.45, 7) is 14.9. The molecule has 2 heterocycles. The number of nitrogens with zero attached hydrogens (tertiary/aromatic N) is 3. The summed E-state index contributed by atoms with van der Waals surface area (Å²) in [5, 5.41) is 9.05. The van der Waals surface area contributed by atoms with Crippen LogP contribution < -0.4 is 5.32 Å². The second kappa shape index (κ2) is 7.12. The SMILES string of the molecule is CCC1CN(Cc2c(Cl)c(C)nn2CC)C(C(C)C)CN1. The lowest BCUT2D eigenvalue weighted by atomic mass is 9.97. The Morgan fingerprint density at radius 2 is 2.10 bits per heavy atom. The molecular weight excluding hydrogens is 284 g/mol. The van der Waals surface area contributed by atoms with E-state index < -0.39 is 0 Å². The predicted molar refractivity (Wildman–Crippen MR) is 88.8 cm³/mol. The Kier molecular flexibility index (Phi) is 5.69. The topological polar surface area (TPSA) is 33.1 Å². The van der Waals surface area contributed by atoms with Crippen LogP contribution in [0.4, 0.5) is 0 Å². The van der Waals surface area contributed by atoms with Crippen molar-refractivity contribution >= 4 is 11.6 Å². The van der Waals surface area contributed by atoms with Crippen LogP contribution in [0.1, 0.15) is 45.5 Å². The van der Waals surface area contributed by atoms with E-state index >= 15 is 0 Å². The van der Waals surface area contributed by atoms with E-state index in [0.717, 1.165) is 36.9 Å². The maximum absolute atomic E-state index is 6.48. The van der Waals surface area contributed by atoms with Crippen LogP contribution in [0.25, 0.3) is 0 Å². The summed E-state index contributed by atoms with van der Waals surface area (Å²) in [5.41, 5.74) is 2.11. The van der Waals surface area contributed by atoms with Crippen LogP contribution in [0, 0.1) is 12.8 Å². The van der Waals surface area contributed by atoms with Gasteiger partial charge in [0.1, 0.15) is 0 Å². The Hall–Kier alpha value is -0.580. The zero-order valence-corrected chi connectivity index (χ0v) is 14.7. The fourth-order valence-corrected chi connectivity index (χ4v) is 3.42. The van der Waals surface area contributed by atoms with Crippen molar-refractivity contribution < 1.29 is 0 Å². The third-order valence-electron chi connectivity index (χ3n) is 4.61. The Labute approximate surface area is 133 Å². The highest BCUT2D eigenvalue weighted by molar-refractivity contribution is 6.31. The van der Waals surface area contributed by atoms with Gasteiger partial charge in [-0.05, 0) is 26.2 Å². The smallest absolute Gasteiger partial charge is 0.0860 e. The van der Waals surface area contributed by atoms with Gasteiger partial charge in [-0.15, -0.1) is 0 Å². The van der Waals surface area contributed by atoms with Gasteiger partial charge in [-0.1, -0.05) is 32.4 Å². The molecular formula is C16H29ClN4. The van der Waals surface area contributed by atoms with Crippen LogP contribution in [0.2, 0.25) is 5.02 Å². The van der Waals surface area contributed by atoms with Gasteiger partial charge in [0.15, 0.2) is 0 Å². The van der Waals surface area contributed by atoms with Gasteiger partial charge >= 0.3 is 0 Å². The second-order valence-corrected chi connectivity index (χ2v) is 6.79. The molecule has 120 valence electrons. The molecule has 0 spiro atoms. The second-order valence-electron chi connectivity index (χ2n) is 6.42. The van der Waals surface area contributed by atoms with Crippen molar-refractivity contribution in [3.63, 3.8) is 0 Å². The minimum absolute atomic E-state index is 0.560. The van der Waals surface area contributed by atoms with Gasteiger partial charge in [0, 0.05) is 38.3 Å². The standard InChI is InChI=1S/C16H29ClN4/c1-6-13-9-20(14(8-18-13)11(3)4)10-15-16(17)12(5)19-21(15)7-2/h11,13-14,18H,6-10H2,1-5H3. The highest BCUT2D eigenvalue weighted by Crippen LogP contribution is 2.25. The van der Waals surface area contributed by atoms with Crippen molar-refractivity contribution in [2.24, 2.45) is 5.92 Å². The molecule has 2 unspecified atom stereocenters. The molecule has 0 aromatic carbocycles. The highest BCUT2D eigenvalue weighted by Gasteiger charge is 2.30. The summed E-state index contributed by atoms with van der Waals surface area (Å²) in [6.07, 6.45) is 1.17. The third kappa shape index (κ3) is 3.61. The van der Waals surface area contributed by atoms with Gasteiger partial charge in [-0.2, -0.15) is 5.10 Å². The van der Waals surface area contributed by atoms with E-state index in [-0.39, 0.29) is 0 Å². The normalized spacial score (nSPS) is 24.0. The number of rotatable bonds is 5. The Bertz CT molecular complexity index is 469. The summed E-state index contributed by atoms with van der Waals surface area (Å²) in [6, 6.07) is 1.14. The first-order valence-corrected chi connectivity index (χ1v) is 8.54. The first kappa shape index (κ1) is 16.8. The van der Waals surface area contributed by atoms with Gasteiger partial charge in [0.25, 0.3) is 0 Å². The van der Waals surface area contributed by atoms with Crippen LogP contribution in [0.3, 0.4) is 0 Å². The number of nitrogens with one attached hydrogen (secondary N) is 1. The lowest BCUT2D eigenvalue weighted by Gasteiger charge is -2.42. The first-order chi connectivity index (χ1) is 9.97. The van der Waals surface area contributed by atoms with Gasteiger partial charge in [0.05, 0.1) is 16.4 Å². The van der Waals surface area contributed by atoms with Crippen LogP contribution in [0.5, 0.6) is 0 Å². The molecule has 1 aromatic rings. The molecule has 1 N–H and O–H groups in total. The predicted octanol–water partition coefficient (Wildman–Crippen LogP) is 3.07. The zero-order chi connectivity index (χ0) is 15.6. The monoisotopic (exact) mass is 312 g/mol. The number of aromatic nitrogens is 2. The maximum atomic E-state index is 6.48. The molecule has 2 rings (SSSR count). The van der Waals surface area contributed by atoms with Crippen LogP contribution in [-0.4, -0.2) is 39.9 Å². The fraction of sp³-hybridized carbons (Fsp3) is 0.812. The zero-order valence-electron chi connectivity index (χ0n) is 14.0. The lowest BCUT2D eigenvalue weighted by molar-refractivity contribution is 0.0873. The van der Waals surface area contributed by atoms with Gasteiger partial charge in [-0.25, -0.2) is 0 Å². The molecule has 1 aromatic heterocycles. The van der Waals surface area contributed by atoms with E-state index in [1.807, 2.05) is 6.92 Å². The quantitative estimate of drug-likeness (QED) is 0.907. The van der Waals surface area contributed by atoms with Crippen molar-refractivity contribution in [2.75, 3.05) is 13.1 Å². The fourth-order valence-electron chi connectivity index (χ4n) is 3.22. The molecule has 0 bridgehead atoms. The first-order valence-electron chi connectivity index (χ1n) is 8.17. The number of aryl methyl sites for hydroxylation is 2. The summed E-state index contributed by atoms with van der Waals surface area (Å²) in [7, 11) is 0. The Morgan fingerprint density at radius 1 is 1.38 bits per heavy atom. The van der Waals surface area contributed by atoms with Gasteiger partial charge < -0.3 is 5.32 Å². The van der Waals surface area contributed by atoms with Crippen molar-refractivity contribution in [1.82, 2.24) is 20.0 Å². The summed E-state index contributed by atoms with van der Waals surface area (Å²) >= 11 is 6.48. The maximum Gasteiger partial charge on any atom is 0.0860 e. The van der Waals surface area contributed by atoms with E-state index in [4.69, 9.17) is 11.6 Å². The molecule has 0 saturated carbocycles. The Morgan fingerprint density at radius 3 is 2.67 bits per heavy atom. The van der Waals surface area contributed by atoms with Gasteiger partial charge in [-0.3, -0.25) is 9.58 Å². The van der Waals surface area contributed by atoms with Crippen molar-refractivity contribution in [1.29, 1.82) is 0 Å². The number of piperazine rings is 1. The summed E-state index contributed by atoms with van der Waals surface area (Å²) < 4.78 is 2.05. The molecule has 21 heavy (non-hydrogen) atoms. The number of hydrogen-bond acceptors (Lipinski definition) is 3. The molecule has 4 nitrogen and oxygen atoms in total. The molecule has 1 aliphatic rings. The molecule has 0 aliphatic carbocycles. The number of halogens is 1. The van der Waals surface area contributed by atoms with Crippen molar-refractivity contribution in [3.8, 4) is 0 Å². The van der Waals surface area contributed by atoms with Gasteiger partial charge in [0.2, 0.25) is 0 Å². The van der Waals surface area contributed by atoms with Crippen LogP contribution >= 0.6 is 11.6 Å². The molecule has 1 fully saturated rings. The third-order valence-corrected chi connectivity index (χ3v) is 5.10. The average molecular weight is 313 g/mol. The lowest BCUT2D eigenvalue weighted by Crippen LogP contribution is -2.57. The van der Waals surface area contributed by atoms with E-state index in [9.17, 15) is 0 Å². The minimum Gasteiger partial charge on any atom is -0.311 e. The molecule has 2 atom stereocenters. The number of hydrogen-bond donors (Lipinski definition) is 1. The minimum atomic E-state index is 0.560. The molecule has 0 amide bonds. The average Bonchev–Trinajstić information content (AvgIpc) is 2.74. The summed E-state index contributed by atoms with van der Waals surface area (Å²) in [5.74, 6) is 0.633. The van der Waals surface area contributed by atoms with E-state index in [1.165, 1.54) is 12.1 Å². The van der Waals surface area contributed by atoms with Crippen molar-refractivity contribution in [3.05, 3.63) is 16.4 Å². The Balaban J connectivity index is 2.21. The molecule has 5 heteroatoms. The highest BCUT2D eigenvalue weighted by atomic mass is 35.5. The summed E-state index contributed by atoms with van der Waals surface area (Å²) in [4.78, 5) is 2.59. The van der Waals surface area contributed by atoms with Crippen LogP contribution in [-0.2, 0) is 13.1 Å². The molecule has 1 saturated heterocycles. The van der Waals surface area contributed by atoms with E-state index in [0.29, 0.717) is 18.0 Å². The molecule has 0 radical (unpaired) electrons. The largest absolute Gasteiger partial charge is 0.311 e. The molecule has 1 aliphatic heterocycles. The van der Waals surface area contributed by atoms with Crippen molar-refractivity contribution in [2.45, 2.75) is 66.2 Å².